The molecule has 3 N–H and O–H groups in total. The fourth-order valence-corrected chi connectivity index (χ4v) is 4.72. The van der Waals surface area contributed by atoms with Gasteiger partial charge in [0.2, 0.25) is 0 Å². The molecular formula is C31H28N4O7. The van der Waals surface area contributed by atoms with E-state index < -0.39 is 23.8 Å². The predicted molar refractivity (Wildman–Crippen MR) is 154 cm³/mol. The number of nitrogens with two attached hydrogens (primary N) is 1. The first-order valence-corrected chi connectivity index (χ1v) is 12.6. The summed E-state index contributed by atoms with van der Waals surface area (Å²) >= 11 is 0. The molecule has 0 saturated heterocycles. The molecule has 0 amide bonds. The first-order valence-electron chi connectivity index (χ1n) is 12.6. The van der Waals surface area contributed by atoms with Crippen molar-refractivity contribution in [2.45, 2.75) is 5.92 Å². The molecule has 1 aliphatic rings. The Hall–Kier alpha value is -5.76. The van der Waals surface area contributed by atoms with Crippen LogP contribution in [0.15, 0.2) is 95.5 Å². The first kappa shape index (κ1) is 29.2. The number of nitrogens with one attached hydrogen (secondary N) is 1. The number of hydrogen-bond acceptors (Lipinski definition) is 11. The number of benzene rings is 3. The molecule has 1 heterocycles. The first-order chi connectivity index (χ1) is 20.3. The molecule has 1 atom stereocenters. The van der Waals surface area contributed by atoms with Crippen LogP contribution in [0.4, 0.5) is 17.1 Å². The maximum absolute atomic E-state index is 13.5. The number of hydrogen-bond donors (Lipinski definition) is 2. The average Bonchev–Trinajstić information content (AvgIpc) is 3.03. The van der Waals surface area contributed by atoms with Crippen molar-refractivity contribution in [1.82, 2.24) is 0 Å². The average molecular weight is 569 g/mol. The van der Waals surface area contributed by atoms with Gasteiger partial charge in [-0.15, -0.1) is 0 Å². The van der Waals surface area contributed by atoms with Gasteiger partial charge in [0.25, 0.3) is 0 Å². The Kier molecular flexibility index (Phi) is 8.78. The van der Waals surface area contributed by atoms with Crippen LogP contribution in [0.3, 0.4) is 0 Å². The minimum Gasteiger partial charge on any atom is -0.495 e. The highest BCUT2D eigenvalue weighted by Gasteiger charge is 2.43. The van der Waals surface area contributed by atoms with Crippen molar-refractivity contribution in [3.63, 3.8) is 0 Å². The number of para-hydroxylation sites is 2. The Morgan fingerprint density at radius 1 is 0.833 bits per heavy atom. The molecule has 0 fully saturated rings. The van der Waals surface area contributed by atoms with Crippen molar-refractivity contribution in [2.24, 2.45) is 5.73 Å². The summed E-state index contributed by atoms with van der Waals surface area (Å²) in [4.78, 5) is 40.7. The monoisotopic (exact) mass is 568 g/mol. The van der Waals surface area contributed by atoms with E-state index >= 15 is 0 Å². The third-order valence-electron chi connectivity index (χ3n) is 6.65. The molecule has 11 heteroatoms. The summed E-state index contributed by atoms with van der Waals surface area (Å²) in [6, 6.07) is 22.3. The summed E-state index contributed by atoms with van der Waals surface area (Å²) in [7, 11) is 5.05. The number of nitriles is 1. The number of carbonyl (C=O) groups is 3. The zero-order chi connectivity index (χ0) is 30.4. The fourth-order valence-electron chi connectivity index (χ4n) is 4.72. The highest BCUT2D eigenvalue weighted by atomic mass is 16.5. The maximum Gasteiger partial charge on any atom is 0.355 e. The van der Waals surface area contributed by atoms with Gasteiger partial charge in [-0.05, 0) is 35.9 Å². The molecule has 0 aromatic heterocycles. The van der Waals surface area contributed by atoms with Crippen molar-refractivity contribution in [3.8, 4) is 11.8 Å². The predicted octanol–water partition coefficient (Wildman–Crippen LogP) is 4.12. The lowest BCUT2D eigenvalue weighted by Crippen LogP contribution is -2.41. The molecule has 0 spiro atoms. The largest absolute Gasteiger partial charge is 0.495 e. The van der Waals surface area contributed by atoms with Gasteiger partial charge in [-0.3, -0.25) is 4.90 Å². The summed E-state index contributed by atoms with van der Waals surface area (Å²) in [5.74, 6) is -3.18. The van der Waals surface area contributed by atoms with Gasteiger partial charge in [-0.1, -0.05) is 42.5 Å². The van der Waals surface area contributed by atoms with E-state index in [4.69, 9.17) is 24.7 Å². The zero-order valence-corrected chi connectivity index (χ0v) is 23.3. The van der Waals surface area contributed by atoms with Crippen molar-refractivity contribution < 1.29 is 33.3 Å². The van der Waals surface area contributed by atoms with Crippen molar-refractivity contribution in [2.75, 3.05) is 38.7 Å². The molecular weight excluding hydrogens is 540 g/mol. The standard InChI is InChI=1S/C31H28N4O7/c1-39-24-13-9-8-12-22(24)34-21-15-14-19(29(36)40-2)16-23(21)35-27(31(38)42-4)26(30(37)41-3)25(20(17-32)28(35)33)18-10-6-5-7-11-18/h5-16,25,34H,33H2,1-4H3. The van der Waals surface area contributed by atoms with E-state index in [1.54, 1.807) is 60.7 Å². The quantitative estimate of drug-likeness (QED) is 0.298. The smallest absolute Gasteiger partial charge is 0.355 e. The van der Waals surface area contributed by atoms with Crippen LogP contribution in [0.25, 0.3) is 0 Å². The zero-order valence-electron chi connectivity index (χ0n) is 23.3. The summed E-state index contributed by atoms with van der Waals surface area (Å²) < 4.78 is 20.6. The van der Waals surface area contributed by atoms with Crippen LogP contribution < -0.4 is 20.7 Å². The minimum atomic E-state index is -1.05. The summed E-state index contributed by atoms with van der Waals surface area (Å²) in [5.41, 5.74) is 7.85. The van der Waals surface area contributed by atoms with E-state index in [0.717, 1.165) is 14.2 Å². The van der Waals surface area contributed by atoms with Crippen molar-refractivity contribution in [1.29, 1.82) is 5.26 Å². The number of carbonyl (C=O) groups excluding carboxylic acids is 3. The van der Waals surface area contributed by atoms with Crippen LogP contribution in [0.2, 0.25) is 0 Å². The van der Waals surface area contributed by atoms with E-state index in [1.165, 1.54) is 31.3 Å². The van der Waals surface area contributed by atoms with Crippen LogP contribution in [-0.2, 0) is 23.8 Å². The SMILES string of the molecule is COC(=O)C1=C(C(=O)OC)N(c2cc(C(=O)OC)ccc2Nc2ccccc2OC)C(N)=C(C#N)C1c1ccccc1. The fraction of sp³-hybridized carbons (Fsp3) is 0.161. The molecule has 0 radical (unpaired) electrons. The molecule has 0 aliphatic carbocycles. The molecule has 214 valence electrons. The highest BCUT2D eigenvalue weighted by Crippen LogP contribution is 2.45. The lowest BCUT2D eigenvalue weighted by Gasteiger charge is -2.36. The molecule has 3 aromatic carbocycles. The Morgan fingerprint density at radius 2 is 1.48 bits per heavy atom. The van der Waals surface area contributed by atoms with E-state index in [9.17, 15) is 19.6 Å². The molecule has 3 aromatic rings. The Bertz CT molecular complexity index is 1640. The topological polar surface area (TPSA) is 153 Å². The number of rotatable bonds is 8. The number of nitrogens with zero attached hydrogens (tertiary/aromatic N) is 2. The second-order valence-corrected chi connectivity index (χ2v) is 8.88. The van der Waals surface area contributed by atoms with Gasteiger partial charge in [0.15, 0.2) is 0 Å². The number of anilines is 3. The maximum atomic E-state index is 13.5. The lowest BCUT2D eigenvalue weighted by molar-refractivity contribution is -0.139. The third-order valence-corrected chi connectivity index (χ3v) is 6.65. The third kappa shape index (κ3) is 5.33. The Labute approximate surface area is 242 Å². The van der Waals surface area contributed by atoms with Crippen LogP contribution >= 0.6 is 0 Å². The number of methoxy groups -OCH3 is 4. The summed E-state index contributed by atoms with van der Waals surface area (Å²) in [6.45, 7) is 0. The van der Waals surface area contributed by atoms with E-state index in [1.807, 2.05) is 0 Å². The second-order valence-electron chi connectivity index (χ2n) is 8.88. The van der Waals surface area contributed by atoms with Gasteiger partial charge in [0, 0.05) is 0 Å². The minimum absolute atomic E-state index is 0.0269. The van der Waals surface area contributed by atoms with Crippen LogP contribution in [0.5, 0.6) is 5.75 Å². The van der Waals surface area contributed by atoms with Gasteiger partial charge in [-0.25, -0.2) is 14.4 Å². The molecule has 1 unspecified atom stereocenters. The molecule has 11 nitrogen and oxygen atoms in total. The Balaban J connectivity index is 2.09. The Morgan fingerprint density at radius 3 is 2.10 bits per heavy atom. The van der Waals surface area contributed by atoms with Crippen LogP contribution in [0.1, 0.15) is 21.8 Å². The van der Waals surface area contributed by atoms with Gasteiger partial charge in [-0.2, -0.15) is 5.26 Å². The van der Waals surface area contributed by atoms with Crippen molar-refractivity contribution >= 4 is 35.0 Å². The van der Waals surface area contributed by atoms with Gasteiger partial charge in [0.05, 0.1) is 74.2 Å². The number of ether oxygens (including phenoxy) is 4. The molecule has 0 bridgehead atoms. The van der Waals surface area contributed by atoms with E-state index in [-0.39, 0.29) is 33.9 Å². The van der Waals surface area contributed by atoms with E-state index in [0.29, 0.717) is 22.7 Å². The summed E-state index contributed by atoms with van der Waals surface area (Å²) in [5, 5.41) is 13.6. The van der Waals surface area contributed by atoms with Crippen LogP contribution in [0, 0.1) is 11.3 Å². The molecule has 4 rings (SSSR count). The normalized spacial score (nSPS) is 14.5. The van der Waals surface area contributed by atoms with E-state index in [2.05, 4.69) is 11.4 Å². The van der Waals surface area contributed by atoms with Crippen LogP contribution in [-0.4, -0.2) is 46.3 Å². The molecule has 1 aliphatic heterocycles. The molecule has 42 heavy (non-hydrogen) atoms. The van der Waals surface area contributed by atoms with Gasteiger partial charge in [0.1, 0.15) is 17.3 Å². The van der Waals surface area contributed by atoms with Gasteiger partial charge >= 0.3 is 17.9 Å². The highest BCUT2D eigenvalue weighted by molar-refractivity contribution is 6.07. The second kappa shape index (κ2) is 12.6. The number of allylic oxidation sites excluding steroid dienone is 1. The summed E-state index contributed by atoms with van der Waals surface area (Å²) in [6.07, 6.45) is 0. The number of esters is 3. The lowest BCUT2D eigenvalue weighted by atomic mass is 9.81. The van der Waals surface area contributed by atoms with Gasteiger partial charge < -0.3 is 30.0 Å². The molecule has 0 saturated carbocycles. The van der Waals surface area contributed by atoms with Crippen molar-refractivity contribution in [3.05, 3.63) is 107 Å².